The number of hydrogen-bond donors (Lipinski definition) is 9. The Labute approximate surface area is 120 Å². The maximum atomic E-state index is 7.56. The molecule has 0 fully saturated rings. The summed E-state index contributed by atoms with van der Waals surface area (Å²) in [5.41, 5.74) is 0. The van der Waals surface area contributed by atoms with E-state index in [0.717, 1.165) is 0 Å². The first-order chi connectivity index (χ1) is 6.00. The van der Waals surface area contributed by atoms with Crippen LogP contribution in [-0.2, 0) is 56.5 Å². The molecule has 9 nitrogen and oxygen atoms in total. The molecule has 0 radical (unpaired) electrons. The third-order valence-electron chi connectivity index (χ3n) is 0. The van der Waals surface area contributed by atoms with Gasteiger partial charge in [-0.25, -0.2) is 0 Å². The Bertz CT molecular complexity index is 212. The van der Waals surface area contributed by atoms with Crippen molar-refractivity contribution < 1.29 is 65.1 Å². The Morgan fingerprint density at radius 3 is 0.438 bits per heavy atom. The molecule has 0 saturated carbocycles. The molecule has 0 aliphatic rings. The molecule has 16 heavy (non-hydrogen) atoms. The third-order valence-corrected chi connectivity index (χ3v) is 0. The molecule has 0 atom stereocenters. The van der Waals surface area contributed by atoms with Gasteiger partial charge in [0.2, 0.25) is 0 Å². The molecular weight excluding hydrogens is 429 g/mol. The molecule has 0 bridgehead atoms. The predicted molar refractivity (Wildman–Crippen MR) is 62.8 cm³/mol. The zero-order valence-electron chi connectivity index (χ0n) is 7.00. The van der Waals surface area contributed by atoms with E-state index in [1.165, 1.54) is 0 Å². The molecule has 0 aliphatic heterocycles. The van der Waals surface area contributed by atoms with Gasteiger partial charge in [0.05, 0.1) is 0 Å². The quantitative estimate of drug-likeness (QED) is 0.144. The van der Waals surface area contributed by atoms with Crippen molar-refractivity contribution in [3.8, 4) is 0 Å². The van der Waals surface area contributed by atoms with Gasteiger partial charge in [0.1, 0.15) is 0 Å². The van der Waals surface area contributed by atoms with Crippen LogP contribution in [0.1, 0.15) is 0 Å². The van der Waals surface area contributed by atoms with E-state index >= 15 is 0 Å². The summed E-state index contributed by atoms with van der Waals surface area (Å²) in [5, 5.41) is 0. The van der Waals surface area contributed by atoms with Gasteiger partial charge in [0, 0.05) is 21.1 Å². The summed E-state index contributed by atoms with van der Waals surface area (Å²) in [4.78, 5) is 68.0. The zero-order valence-corrected chi connectivity index (χ0v) is 14.1. The molecular formula is H9MoO9P3S3. The summed E-state index contributed by atoms with van der Waals surface area (Å²) >= 11 is 10.8. The van der Waals surface area contributed by atoms with Crippen LogP contribution in [0.3, 0.4) is 0 Å². The monoisotopic (exact) mass is 440 g/mol. The van der Waals surface area contributed by atoms with Crippen LogP contribution in [0.5, 0.6) is 0 Å². The van der Waals surface area contributed by atoms with Gasteiger partial charge in [-0.2, -0.15) is 0 Å². The Hall–Kier alpha value is 2.28. The summed E-state index contributed by atoms with van der Waals surface area (Å²) in [7, 11) is 0. The topological polar surface area (TPSA) is 182 Å². The Morgan fingerprint density at radius 2 is 0.438 bits per heavy atom. The van der Waals surface area contributed by atoms with Gasteiger partial charge in [0.25, 0.3) is 0 Å². The van der Waals surface area contributed by atoms with E-state index in [1.807, 2.05) is 0 Å². The molecule has 9 N–H and O–H groups in total. The van der Waals surface area contributed by atoms with Gasteiger partial charge < -0.3 is 44.0 Å². The van der Waals surface area contributed by atoms with Crippen LogP contribution in [0.4, 0.5) is 0 Å². The van der Waals surface area contributed by atoms with Crippen molar-refractivity contribution in [1.82, 2.24) is 0 Å². The van der Waals surface area contributed by atoms with Crippen molar-refractivity contribution in [3.63, 3.8) is 0 Å². The minimum absolute atomic E-state index is 0. The molecule has 0 aromatic heterocycles. The van der Waals surface area contributed by atoms with Crippen molar-refractivity contribution in [1.29, 1.82) is 0 Å². The van der Waals surface area contributed by atoms with E-state index in [0.29, 0.717) is 0 Å². The zero-order chi connectivity index (χ0) is 13.5. The van der Waals surface area contributed by atoms with Crippen molar-refractivity contribution in [3.05, 3.63) is 0 Å². The first kappa shape index (κ1) is 26.8. The largest absolute Gasteiger partial charge is 0.325 e. The van der Waals surface area contributed by atoms with Crippen molar-refractivity contribution in [2.75, 3.05) is 0 Å². The minimum atomic E-state index is -3.81. The summed E-state index contributed by atoms with van der Waals surface area (Å²) in [6, 6.07) is 0. The molecule has 0 unspecified atom stereocenters. The molecule has 0 saturated heterocycles. The number of hydrogen-bond acceptors (Lipinski definition) is 3. The summed E-state index contributed by atoms with van der Waals surface area (Å²) in [6.07, 6.45) is 0. The fourth-order valence-electron chi connectivity index (χ4n) is 0. The van der Waals surface area contributed by atoms with E-state index in [1.54, 1.807) is 0 Å². The van der Waals surface area contributed by atoms with Crippen LogP contribution in [0, 0.1) is 0 Å². The Morgan fingerprint density at radius 1 is 0.438 bits per heavy atom. The molecule has 0 amide bonds. The van der Waals surface area contributed by atoms with Crippen LogP contribution in [0.25, 0.3) is 0 Å². The van der Waals surface area contributed by atoms with E-state index in [-0.39, 0.29) is 21.1 Å². The molecule has 102 valence electrons. The second kappa shape index (κ2) is 11.1. The average molecular weight is 438 g/mol. The second-order valence-corrected chi connectivity index (χ2v) is 9.03. The van der Waals surface area contributed by atoms with Crippen LogP contribution in [0.2, 0.25) is 0 Å². The van der Waals surface area contributed by atoms with Gasteiger partial charge in [-0.3, -0.25) is 0 Å². The van der Waals surface area contributed by atoms with Crippen LogP contribution in [-0.4, -0.2) is 44.0 Å². The van der Waals surface area contributed by atoms with Gasteiger partial charge >= 0.3 is 20.2 Å². The molecule has 0 aromatic rings. The van der Waals surface area contributed by atoms with Gasteiger partial charge in [-0.05, 0) is 35.4 Å². The van der Waals surface area contributed by atoms with Crippen molar-refractivity contribution >= 4 is 55.6 Å². The fraction of sp³-hybridized carbons (Fsp3) is 0. The van der Waals surface area contributed by atoms with E-state index in [4.69, 9.17) is 44.0 Å². The molecule has 16 heteroatoms. The average Bonchev–Trinajstić information content (AvgIpc) is 1.41. The van der Waals surface area contributed by atoms with Crippen LogP contribution >= 0.6 is 20.2 Å². The first-order valence-electron chi connectivity index (χ1n) is 2.35. The van der Waals surface area contributed by atoms with E-state index < -0.39 is 20.2 Å². The SMILES string of the molecule is OP(O)(O)=S.OP(O)(O)=S.OP(O)(O)=S.[Mo]. The van der Waals surface area contributed by atoms with Crippen LogP contribution < -0.4 is 0 Å². The van der Waals surface area contributed by atoms with Gasteiger partial charge in [-0.15, -0.1) is 0 Å². The molecule has 0 aliphatic carbocycles. The van der Waals surface area contributed by atoms with E-state index in [9.17, 15) is 0 Å². The number of rotatable bonds is 0. The summed E-state index contributed by atoms with van der Waals surface area (Å²) < 4.78 is 0. The summed E-state index contributed by atoms with van der Waals surface area (Å²) in [5.74, 6) is 0. The fourth-order valence-corrected chi connectivity index (χ4v) is 0. The second-order valence-electron chi connectivity index (χ2n) is 1.54. The maximum absolute atomic E-state index is 7.56. The Kier molecular flexibility index (Phi) is 18.6. The Balaban J connectivity index is -0.0000000655. The minimum Gasteiger partial charge on any atom is -0.325 e. The third kappa shape index (κ3) is 732. The smallest absolute Gasteiger partial charge is 0.319 e. The normalized spacial score (nSPS) is 11.1. The molecule has 0 aromatic carbocycles. The molecule has 0 spiro atoms. The molecule has 0 heterocycles. The molecule has 0 rings (SSSR count). The predicted octanol–water partition coefficient (Wildman–Crippen LogP) is -2.44. The first-order valence-corrected chi connectivity index (χ1v) is 10.3. The van der Waals surface area contributed by atoms with Gasteiger partial charge in [0.15, 0.2) is 0 Å². The maximum Gasteiger partial charge on any atom is 0.319 e. The van der Waals surface area contributed by atoms with Gasteiger partial charge in [-0.1, -0.05) is 0 Å². The van der Waals surface area contributed by atoms with E-state index in [2.05, 4.69) is 35.4 Å². The van der Waals surface area contributed by atoms with Crippen LogP contribution in [0.15, 0.2) is 0 Å². The van der Waals surface area contributed by atoms with Crippen molar-refractivity contribution in [2.45, 2.75) is 0 Å². The van der Waals surface area contributed by atoms with Crippen molar-refractivity contribution in [2.24, 2.45) is 0 Å². The standard InChI is InChI=1S/Mo.3H3O3PS/c;3*1-4(2,3)5/h;3*(H3,1,2,3,5). The summed E-state index contributed by atoms with van der Waals surface area (Å²) in [6.45, 7) is -11.4.